The summed E-state index contributed by atoms with van der Waals surface area (Å²) in [5, 5.41) is 0. The molecule has 0 amide bonds. The number of rotatable bonds is 2. The summed E-state index contributed by atoms with van der Waals surface area (Å²) >= 11 is -2.39. The van der Waals surface area contributed by atoms with Crippen molar-refractivity contribution in [3.8, 4) is 0 Å². The van der Waals surface area contributed by atoms with Gasteiger partial charge in [0.2, 0.25) is 0 Å². The van der Waals surface area contributed by atoms with Crippen molar-refractivity contribution in [2.45, 2.75) is 9.79 Å². The van der Waals surface area contributed by atoms with Crippen LogP contribution in [0.4, 0.5) is 0 Å². The van der Waals surface area contributed by atoms with Gasteiger partial charge in [0.05, 0.1) is 4.90 Å². The van der Waals surface area contributed by atoms with Gasteiger partial charge in [-0.25, -0.2) is 8.42 Å². The SMILES string of the molecule is CS(=O)(=O)c1cccc(S(=O)[O-])c1.[Na+]. The fourth-order valence-electron chi connectivity index (χ4n) is 0.809. The second-order valence-corrected chi connectivity index (χ2v) is 5.44. The Hall–Kier alpha value is 0.280. The van der Waals surface area contributed by atoms with Crippen LogP contribution in [0.5, 0.6) is 0 Å². The van der Waals surface area contributed by atoms with Crippen LogP contribution in [-0.2, 0) is 20.9 Å². The normalized spacial score (nSPS) is 13.0. The third kappa shape index (κ3) is 3.80. The molecule has 7 heteroatoms. The molecule has 0 radical (unpaired) electrons. The van der Waals surface area contributed by atoms with Crippen LogP contribution in [0.25, 0.3) is 0 Å². The van der Waals surface area contributed by atoms with E-state index in [9.17, 15) is 17.2 Å². The van der Waals surface area contributed by atoms with Crippen LogP contribution in [0.3, 0.4) is 0 Å². The third-order valence-electron chi connectivity index (χ3n) is 1.43. The first-order valence-electron chi connectivity index (χ1n) is 3.30. The van der Waals surface area contributed by atoms with Crippen molar-refractivity contribution in [1.82, 2.24) is 0 Å². The Bertz CT molecular complexity index is 441. The summed E-state index contributed by atoms with van der Waals surface area (Å²) in [5.74, 6) is 0. The van der Waals surface area contributed by atoms with E-state index in [-0.39, 0.29) is 39.3 Å². The molecule has 0 aliphatic rings. The zero-order valence-corrected chi connectivity index (χ0v) is 11.4. The summed E-state index contributed by atoms with van der Waals surface area (Å²) in [7, 11) is -3.33. The molecule has 0 bridgehead atoms. The monoisotopic (exact) mass is 242 g/mol. The molecule has 4 nitrogen and oxygen atoms in total. The molecule has 1 aromatic rings. The van der Waals surface area contributed by atoms with Gasteiger partial charge in [0.1, 0.15) is 0 Å². The van der Waals surface area contributed by atoms with E-state index in [4.69, 9.17) is 0 Å². The zero-order valence-electron chi connectivity index (χ0n) is 7.76. The van der Waals surface area contributed by atoms with Crippen molar-refractivity contribution < 1.29 is 46.7 Å². The van der Waals surface area contributed by atoms with E-state index in [1.54, 1.807) is 0 Å². The first-order chi connectivity index (χ1) is 5.91. The molecule has 0 aliphatic carbocycles. The predicted octanol–water partition coefficient (Wildman–Crippen LogP) is -2.67. The second-order valence-electron chi connectivity index (χ2n) is 2.48. The maximum absolute atomic E-state index is 11.0. The van der Waals surface area contributed by atoms with E-state index in [1.165, 1.54) is 18.2 Å². The molecule has 1 atom stereocenters. The molecule has 0 aromatic heterocycles. The molecule has 1 unspecified atom stereocenters. The Morgan fingerprint density at radius 1 is 1.36 bits per heavy atom. The topological polar surface area (TPSA) is 74.3 Å². The average Bonchev–Trinajstić information content (AvgIpc) is 2.03. The summed E-state index contributed by atoms with van der Waals surface area (Å²) in [6.45, 7) is 0. The van der Waals surface area contributed by atoms with E-state index in [1.807, 2.05) is 0 Å². The second kappa shape index (κ2) is 5.39. The predicted molar refractivity (Wildman–Crippen MR) is 46.7 cm³/mol. The summed E-state index contributed by atoms with van der Waals surface area (Å²) in [5.41, 5.74) is 0. The number of hydrogen-bond acceptors (Lipinski definition) is 4. The Morgan fingerprint density at radius 3 is 2.36 bits per heavy atom. The largest absolute Gasteiger partial charge is 1.00 e. The molecule has 0 spiro atoms. The van der Waals surface area contributed by atoms with Crippen molar-refractivity contribution in [1.29, 1.82) is 0 Å². The van der Waals surface area contributed by atoms with E-state index in [0.29, 0.717) is 0 Å². The van der Waals surface area contributed by atoms with Crippen LogP contribution in [0.2, 0.25) is 0 Å². The van der Waals surface area contributed by atoms with Gasteiger partial charge in [-0.05, 0) is 29.3 Å². The number of benzene rings is 1. The molecule has 1 aromatic carbocycles. The molecule has 14 heavy (non-hydrogen) atoms. The molecule has 0 N–H and O–H groups in total. The van der Waals surface area contributed by atoms with E-state index in [2.05, 4.69) is 0 Å². The van der Waals surface area contributed by atoms with Crippen LogP contribution in [0, 0.1) is 0 Å². The fourth-order valence-corrected chi connectivity index (χ4v) is 1.96. The van der Waals surface area contributed by atoms with Crippen LogP contribution in [0.1, 0.15) is 0 Å². The minimum absolute atomic E-state index is 0. The smallest absolute Gasteiger partial charge is 0.768 e. The molecule has 1 rings (SSSR count). The van der Waals surface area contributed by atoms with Gasteiger partial charge >= 0.3 is 29.6 Å². The molecule has 72 valence electrons. The van der Waals surface area contributed by atoms with E-state index in [0.717, 1.165) is 12.3 Å². The fraction of sp³-hybridized carbons (Fsp3) is 0.143. The van der Waals surface area contributed by atoms with Crippen molar-refractivity contribution in [2.75, 3.05) is 6.26 Å². The maximum atomic E-state index is 11.0. The number of sulfone groups is 1. The molecular formula is C7H7NaO4S2. The van der Waals surface area contributed by atoms with E-state index < -0.39 is 20.9 Å². The molecule has 0 saturated carbocycles. The van der Waals surface area contributed by atoms with Gasteiger partial charge < -0.3 is 4.55 Å². The van der Waals surface area contributed by atoms with Gasteiger partial charge in [0.25, 0.3) is 0 Å². The Kier molecular flexibility index (Phi) is 5.50. The Labute approximate surface area is 107 Å². The molecule has 0 heterocycles. The Morgan fingerprint density at radius 2 is 1.93 bits per heavy atom. The van der Waals surface area contributed by atoms with Crippen molar-refractivity contribution >= 4 is 20.9 Å². The summed E-state index contributed by atoms with van der Waals surface area (Å²) in [6.07, 6.45) is 1.03. The summed E-state index contributed by atoms with van der Waals surface area (Å²) in [4.78, 5) is -0.0166. The van der Waals surface area contributed by atoms with Crippen LogP contribution >= 0.6 is 0 Å². The molecule has 0 aliphatic heterocycles. The first kappa shape index (κ1) is 14.3. The van der Waals surface area contributed by atoms with Crippen LogP contribution in [-0.4, -0.2) is 23.4 Å². The van der Waals surface area contributed by atoms with Crippen molar-refractivity contribution in [3.05, 3.63) is 24.3 Å². The third-order valence-corrected chi connectivity index (χ3v) is 3.18. The standard InChI is InChI=1S/C7H8O4S2.Na/c1-13(10,11)7-4-2-3-6(5-7)12(8)9;/h2-5H,1H3,(H,8,9);/q;+1/p-1. The van der Waals surface area contributed by atoms with E-state index >= 15 is 0 Å². The van der Waals surface area contributed by atoms with Gasteiger partial charge in [-0.15, -0.1) is 0 Å². The van der Waals surface area contributed by atoms with Crippen molar-refractivity contribution in [3.63, 3.8) is 0 Å². The average molecular weight is 242 g/mol. The molecule has 0 saturated heterocycles. The first-order valence-corrected chi connectivity index (χ1v) is 6.27. The van der Waals surface area contributed by atoms with Gasteiger partial charge in [-0.3, -0.25) is 4.21 Å². The Balaban J connectivity index is 0.00000169. The van der Waals surface area contributed by atoms with Gasteiger partial charge in [0, 0.05) is 11.2 Å². The molecule has 0 fully saturated rings. The maximum Gasteiger partial charge on any atom is 1.00 e. The minimum Gasteiger partial charge on any atom is -0.768 e. The molecular weight excluding hydrogens is 235 g/mol. The van der Waals surface area contributed by atoms with Crippen LogP contribution < -0.4 is 29.6 Å². The van der Waals surface area contributed by atoms with Gasteiger partial charge in [-0.2, -0.15) is 0 Å². The van der Waals surface area contributed by atoms with Gasteiger partial charge in [0.15, 0.2) is 9.84 Å². The summed E-state index contributed by atoms with van der Waals surface area (Å²) in [6, 6.07) is 5.20. The minimum atomic E-state index is -3.33. The quantitative estimate of drug-likeness (QED) is 0.419. The van der Waals surface area contributed by atoms with Crippen LogP contribution in [0.15, 0.2) is 34.1 Å². The van der Waals surface area contributed by atoms with Gasteiger partial charge in [-0.1, -0.05) is 6.07 Å². The zero-order chi connectivity index (χ0) is 10.1. The van der Waals surface area contributed by atoms with Crippen molar-refractivity contribution in [2.24, 2.45) is 0 Å². The number of hydrogen-bond donors (Lipinski definition) is 0. The summed E-state index contributed by atoms with van der Waals surface area (Å²) < 4.78 is 43.0.